The van der Waals surface area contributed by atoms with E-state index in [1.165, 1.54) is 29.5 Å². The molecule has 0 unspecified atom stereocenters. The first-order chi connectivity index (χ1) is 9.13. The van der Waals surface area contributed by atoms with Crippen molar-refractivity contribution in [2.24, 2.45) is 0 Å². The highest BCUT2D eigenvalue weighted by Crippen LogP contribution is 2.19. The molecule has 5 nitrogen and oxygen atoms in total. The largest absolute Gasteiger partial charge is 0.435 e. The van der Waals surface area contributed by atoms with Crippen LogP contribution in [0.1, 0.15) is 0 Å². The second-order valence-electron chi connectivity index (χ2n) is 3.32. The number of hydrogen-bond donors (Lipinski definition) is 2. The number of urea groups is 1. The van der Waals surface area contributed by atoms with E-state index in [0.29, 0.717) is 10.8 Å². The van der Waals surface area contributed by atoms with Crippen LogP contribution in [0.4, 0.5) is 24.4 Å². The summed E-state index contributed by atoms with van der Waals surface area (Å²) in [7, 11) is 0. The van der Waals surface area contributed by atoms with Crippen LogP contribution in [-0.4, -0.2) is 17.6 Å². The summed E-state index contributed by atoms with van der Waals surface area (Å²) in [4.78, 5) is 15.4. The number of alkyl halides is 2. The average Bonchev–Trinajstić information content (AvgIpc) is 2.81. The van der Waals surface area contributed by atoms with Gasteiger partial charge >= 0.3 is 12.6 Å². The van der Waals surface area contributed by atoms with Crippen LogP contribution in [-0.2, 0) is 0 Å². The predicted molar refractivity (Wildman–Crippen MR) is 67.8 cm³/mol. The Morgan fingerprint density at radius 3 is 2.89 bits per heavy atom. The Morgan fingerprint density at radius 2 is 2.21 bits per heavy atom. The normalized spacial score (nSPS) is 10.3. The van der Waals surface area contributed by atoms with Gasteiger partial charge in [0.2, 0.25) is 0 Å². The molecule has 8 heteroatoms. The van der Waals surface area contributed by atoms with Gasteiger partial charge in [0.1, 0.15) is 5.75 Å². The van der Waals surface area contributed by atoms with E-state index in [1.807, 2.05) is 0 Å². The molecular formula is C11H9F2N3O2S. The van der Waals surface area contributed by atoms with Gasteiger partial charge in [-0.2, -0.15) is 8.78 Å². The second kappa shape index (κ2) is 6.10. The van der Waals surface area contributed by atoms with Crippen molar-refractivity contribution in [3.63, 3.8) is 0 Å². The number of anilines is 2. The van der Waals surface area contributed by atoms with Crippen LogP contribution in [0, 0.1) is 0 Å². The first-order valence-corrected chi connectivity index (χ1v) is 6.04. The molecule has 0 aliphatic heterocycles. The van der Waals surface area contributed by atoms with E-state index in [9.17, 15) is 13.6 Å². The maximum atomic E-state index is 12.0. The highest BCUT2D eigenvalue weighted by Gasteiger charge is 2.07. The summed E-state index contributed by atoms with van der Waals surface area (Å²) in [5.74, 6) is -0.0259. The van der Waals surface area contributed by atoms with Gasteiger partial charge in [0.15, 0.2) is 5.13 Å². The summed E-state index contributed by atoms with van der Waals surface area (Å²) in [6, 6.07) is 5.21. The van der Waals surface area contributed by atoms with Gasteiger partial charge in [-0.15, -0.1) is 11.3 Å². The lowest BCUT2D eigenvalue weighted by Gasteiger charge is -2.08. The maximum Gasteiger partial charge on any atom is 0.387 e. The van der Waals surface area contributed by atoms with Crippen LogP contribution < -0.4 is 15.4 Å². The lowest BCUT2D eigenvalue weighted by atomic mass is 10.3. The minimum atomic E-state index is -2.90. The van der Waals surface area contributed by atoms with Crippen molar-refractivity contribution in [2.45, 2.75) is 6.61 Å². The van der Waals surface area contributed by atoms with E-state index in [1.54, 1.807) is 17.6 Å². The molecule has 2 rings (SSSR count). The number of amides is 2. The fourth-order valence-electron chi connectivity index (χ4n) is 1.29. The van der Waals surface area contributed by atoms with Crippen molar-refractivity contribution >= 4 is 28.2 Å². The van der Waals surface area contributed by atoms with Crippen molar-refractivity contribution in [3.05, 3.63) is 35.8 Å². The Kier molecular flexibility index (Phi) is 4.24. The molecule has 0 fully saturated rings. The smallest absolute Gasteiger partial charge is 0.387 e. The molecular weight excluding hydrogens is 276 g/mol. The van der Waals surface area contributed by atoms with Crippen LogP contribution in [0.5, 0.6) is 5.75 Å². The van der Waals surface area contributed by atoms with Crippen LogP contribution >= 0.6 is 11.3 Å². The third-order valence-corrected chi connectivity index (χ3v) is 2.66. The number of aromatic nitrogens is 1. The summed E-state index contributed by atoms with van der Waals surface area (Å²) < 4.78 is 28.3. The average molecular weight is 285 g/mol. The standard InChI is InChI=1S/C11H9F2N3O2S/c12-9(13)18-8-3-1-2-7(6-8)15-10(17)16-11-14-4-5-19-11/h1-6,9H,(H2,14,15,16,17). The van der Waals surface area contributed by atoms with Gasteiger partial charge in [-0.05, 0) is 12.1 Å². The highest BCUT2D eigenvalue weighted by molar-refractivity contribution is 7.13. The molecule has 0 bridgehead atoms. The molecule has 0 aliphatic carbocycles. The van der Waals surface area contributed by atoms with Crippen molar-refractivity contribution in [1.82, 2.24) is 4.98 Å². The summed E-state index contributed by atoms with van der Waals surface area (Å²) in [6.45, 7) is -2.90. The molecule has 0 radical (unpaired) electrons. The number of carbonyl (C=O) groups is 1. The zero-order valence-corrected chi connectivity index (χ0v) is 10.3. The SMILES string of the molecule is O=C(Nc1cccc(OC(F)F)c1)Nc1nccs1. The molecule has 1 heterocycles. The van der Waals surface area contributed by atoms with Gasteiger partial charge < -0.3 is 10.1 Å². The lowest BCUT2D eigenvalue weighted by molar-refractivity contribution is -0.0497. The van der Waals surface area contributed by atoms with Crippen LogP contribution in [0.3, 0.4) is 0 Å². The number of hydrogen-bond acceptors (Lipinski definition) is 4. The van der Waals surface area contributed by atoms with Gasteiger partial charge in [0.05, 0.1) is 0 Å². The van der Waals surface area contributed by atoms with Crippen LogP contribution in [0.15, 0.2) is 35.8 Å². The Balaban J connectivity index is 1.96. The van der Waals surface area contributed by atoms with E-state index in [4.69, 9.17) is 0 Å². The van der Waals surface area contributed by atoms with Crippen molar-refractivity contribution in [3.8, 4) is 5.75 Å². The Labute approximate surface area is 111 Å². The Hall–Kier alpha value is -2.22. The number of ether oxygens (including phenoxy) is 1. The highest BCUT2D eigenvalue weighted by atomic mass is 32.1. The van der Waals surface area contributed by atoms with Crippen LogP contribution in [0.2, 0.25) is 0 Å². The summed E-state index contributed by atoms with van der Waals surface area (Å²) in [6.07, 6.45) is 1.55. The van der Waals surface area contributed by atoms with E-state index in [0.717, 1.165) is 0 Å². The Morgan fingerprint density at radius 1 is 1.37 bits per heavy atom. The number of nitrogens with one attached hydrogen (secondary N) is 2. The van der Waals surface area contributed by atoms with Gasteiger partial charge in [-0.3, -0.25) is 5.32 Å². The third-order valence-electron chi connectivity index (χ3n) is 1.97. The van der Waals surface area contributed by atoms with E-state index in [-0.39, 0.29) is 5.75 Å². The molecule has 0 saturated heterocycles. The zero-order valence-electron chi connectivity index (χ0n) is 9.47. The lowest BCUT2D eigenvalue weighted by Crippen LogP contribution is -2.19. The molecule has 100 valence electrons. The summed E-state index contributed by atoms with van der Waals surface area (Å²) in [5.41, 5.74) is 0.340. The monoisotopic (exact) mass is 285 g/mol. The number of thiazole rings is 1. The summed E-state index contributed by atoms with van der Waals surface area (Å²) in [5, 5.41) is 7.14. The number of carbonyl (C=O) groups excluding carboxylic acids is 1. The minimum absolute atomic E-state index is 0.0259. The molecule has 0 spiro atoms. The van der Waals surface area contributed by atoms with Crippen molar-refractivity contribution < 1.29 is 18.3 Å². The topological polar surface area (TPSA) is 63.2 Å². The van der Waals surface area contributed by atoms with Crippen molar-refractivity contribution in [1.29, 1.82) is 0 Å². The second-order valence-corrected chi connectivity index (χ2v) is 4.22. The number of nitrogens with zero attached hydrogens (tertiary/aromatic N) is 1. The predicted octanol–water partition coefficient (Wildman–Crippen LogP) is 3.39. The fraction of sp³-hybridized carbons (Fsp3) is 0.0909. The molecule has 0 saturated carbocycles. The van der Waals surface area contributed by atoms with Gasteiger partial charge in [-0.25, -0.2) is 9.78 Å². The first kappa shape index (κ1) is 13.2. The van der Waals surface area contributed by atoms with Gasteiger partial charge in [-0.1, -0.05) is 6.07 Å². The Bertz CT molecular complexity index is 549. The van der Waals surface area contributed by atoms with E-state index in [2.05, 4.69) is 20.4 Å². The number of rotatable bonds is 4. The maximum absolute atomic E-state index is 12.0. The van der Waals surface area contributed by atoms with Gasteiger partial charge in [0, 0.05) is 23.3 Å². The zero-order chi connectivity index (χ0) is 13.7. The molecule has 0 atom stereocenters. The fourth-order valence-corrected chi connectivity index (χ4v) is 1.82. The number of benzene rings is 1. The summed E-state index contributed by atoms with van der Waals surface area (Å²) >= 11 is 1.27. The van der Waals surface area contributed by atoms with Crippen molar-refractivity contribution in [2.75, 3.05) is 10.6 Å². The first-order valence-electron chi connectivity index (χ1n) is 5.16. The molecule has 1 aromatic heterocycles. The van der Waals surface area contributed by atoms with Crippen LogP contribution in [0.25, 0.3) is 0 Å². The molecule has 19 heavy (non-hydrogen) atoms. The minimum Gasteiger partial charge on any atom is -0.435 e. The molecule has 1 aromatic carbocycles. The molecule has 0 aliphatic rings. The molecule has 2 aromatic rings. The van der Waals surface area contributed by atoms with Gasteiger partial charge in [0.25, 0.3) is 0 Å². The third kappa shape index (κ3) is 4.18. The van der Waals surface area contributed by atoms with E-state index >= 15 is 0 Å². The quantitative estimate of drug-likeness (QED) is 0.905. The molecule has 2 N–H and O–H groups in total. The van der Waals surface area contributed by atoms with E-state index < -0.39 is 12.6 Å². The number of halogens is 2. The molecule has 2 amide bonds.